The normalized spacial score (nSPS) is 12.2. The number of carbonyl (C=O) groups excluding carboxylic acids is 2. The average molecular weight is 361 g/mol. The number of fused-ring (bicyclic) bond motifs is 2. The molecule has 2 N–H and O–H groups in total. The Hall–Kier alpha value is -3.74. The number of para-hydroxylation sites is 1. The van der Waals surface area contributed by atoms with Crippen LogP contribution in [0.5, 0.6) is 0 Å². The third-order valence-electron chi connectivity index (χ3n) is 4.40. The maximum atomic E-state index is 12.7. The monoisotopic (exact) mass is 361 g/mol. The number of hydrogen-bond acceptors (Lipinski definition) is 5. The number of rotatable bonds is 4. The third-order valence-corrected chi connectivity index (χ3v) is 4.40. The fourth-order valence-corrected chi connectivity index (χ4v) is 3.03. The Kier molecular flexibility index (Phi) is 4.04. The topological polar surface area (TPSA) is 105 Å². The van der Waals surface area contributed by atoms with Gasteiger partial charge in [-0.15, -0.1) is 0 Å². The van der Waals surface area contributed by atoms with Crippen LogP contribution < -0.4 is 5.56 Å². The number of carbonyl (C=O) groups is 2. The Morgan fingerprint density at radius 3 is 2.44 bits per heavy atom. The summed E-state index contributed by atoms with van der Waals surface area (Å²) < 4.78 is 5.33. The number of H-pyrrole nitrogens is 2. The van der Waals surface area contributed by atoms with Crippen molar-refractivity contribution in [3.8, 4) is 0 Å². The van der Waals surface area contributed by atoms with E-state index in [9.17, 15) is 14.4 Å². The lowest BCUT2D eigenvalue weighted by Gasteiger charge is -2.12. The highest BCUT2D eigenvalue weighted by atomic mass is 16.5. The van der Waals surface area contributed by atoms with E-state index in [0.717, 1.165) is 10.9 Å². The van der Waals surface area contributed by atoms with Gasteiger partial charge in [0, 0.05) is 28.0 Å². The molecule has 0 saturated heterocycles. The lowest BCUT2D eigenvalue weighted by Crippen LogP contribution is -2.26. The number of aromatic nitrogens is 3. The summed E-state index contributed by atoms with van der Waals surface area (Å²) in [6, 6.07) is 14.0. The Balaban J connectivity index is 1.62. The second-order valence-corrected chi connectivity index (χ2v) is 6.11. The zero-order valence-electron chi connectivity index (χ0n) is 14.4. The molecule has 0 aliphatic rings. The van der Waals surface area contributed by atoms with Crippen LogP contribution in [0.2, 0.25) is 0 Å². The van der Waals surface area contributed by atoms with E-state index in [-0.39, 0.29) is 11.5 Å². The van der Waals surface area contributed by atoms with Crippen molar-refractivity contribution in [3.05, 3.63) is 76.3 Å². The predicted octanol–water partition coefficient (Wildman–Crippen LogP) is 2.83. The smallest absolute Gasteiger partial charge is 0.360 e. The zero-order valence-corrected chi connectivity index (χ0v) is 14.4. The number of aromatic amines is 2. The number of nitrogens with zero attached hydrogens (tertiary/aromatic N) is 1. The molecule has 2 aromatic carbocycles. The van der Waals surface area contributed by atoms with E-state index in [2.05, 4.69) is 15.2 Å². The van der Waals surface area contributed by atoms with E-state index in [1.807, 2.05) is 24.3 Å². The number of esters is 1. The minimum absolute atomic E-state index is 0.0382. The first-order chi connectivity index (χ1) is 13.1. The van der Waals surface area contributed by atoms with Crippen molar-refractivity contribution in [3.63, 3.8) is 0 Å². The van der Waals surface area contributed by atoms with Crippen molar-refractivity contribution in [1.82, 2.24) is 15.2 Å². The molecule has 0 aliphatic heterocycles. The molecule has 27 heavy (non-hydrogen) atoms. The summed E-state index contributed by atoms with van der Waals surface area (Å²) in [6.07, 6.45) is 0.592. The molecular formula is C20H15N3O4. The van der Waals surface area contributed by atoms with Crippen molar-refractivity contribution < 1.29 is 14.3 Å². The van der Waals surface area contributed by atoms with Crippen molar-refractivity contribution in [2.24, 2.45) is 0 Å². The Morgan fingerprint density at radius 2 is 1.67 bits per heavy atom. The molecule has 4 aromatic rings. The number of benzene rings is 2. The first-order valence-electron chi connectivity index (χ1n) is 8.35. The van der Waals surface area contributed by atoms with Crippen LogP contribution in [0, 0.1) is 0 Å². The summed E-state index contributed by atoms with van der Waals surface area (Å²) >= 11 is 0. The lowest BCUT2D eigenvalue weighted by atomic mass is 10.1. The molecule has 1 unspecified atom stereocenters. The second kappa shape index (κ2) is 6.53. The molecule has 0 aliphatic carbocycles. The molecule has 0 radical (unpaired) electrons. The van der Waals surface area contributed by atoms with Crippen molar-refractivity contribution in [2.45, 2.75) is 13.0 Å². The van der Waals surface area contributed by atoms with Gasteiger partial charge in [0.05, 0.1) is 5.39 Å². The van der Waals surface area contributed by atoms with E-state index in [0.29, 0.717) is 16.3 Å². The van der Waals surface area contributed by atoms with Gasteiger partial charge in [0.25, 0.3) is 5.56 Å². The summed E-state index contributed by atoms with van der Waals surface area (Å²) in [6.45, 7) is 1.51. The molecule has 0 amide bonds. The van der Waals surface area contributed by atoms with Gasteiger partial charge in [-0.25, -0.2) is 9.89 Å². The van der Waals surface area contributed by atoms with Crippen molar-refractivity contribution in [1.29, 1.82) is 0 Å². The van der Waals surface area contributed by atoms with Gasteiger partial charge in [0.2, 0.25) is 5.78 Å². The lowest BCUT2D eigenvalue weighted by molar-refractivity contribution is 0.0314. The number of Topliss-reactive ketones (excluding diaryl/α,β-unsaturated/α-hetero) is 1. The molecular weight excluding hydrogens is 346 g/mol. The maximum Gasteiger partial charge on any atom is 0.360 e. The SMILES string of the molecule is CC(OC(=O)c1n[nH]c(=O)c2ccccc12)C(=O)c1c[nH]c2ccccc12. The van der Waals surface area contributed by atoms with Gasteiger partial charge in [-0.3, -0.25) is 9.59 Å². The fraction of sp³-hybridized carbons (Fsp3) is 0.100. The molecule has 0 saturated carbocycles. The Morgan fingerprint density at radius 1 is 1.00 bits per heavy atom. The number of ether oxygens (including phenoxy) is 1. The van der Waals surface area contributed by atoms with Crippen LogP contribution in [0.25, 0.3) is 21.7 Å². The molecule has 0 fully saturated rings. The zero-order chi connectivity index (χ0) is 19.0. The fourth-order valence-electron chi connectivity index (χ4n) is 3.03. The maximum absolute atomic E-state index is 12.7. The van der Waals surface area contributed by atoms with Gasteiger partial charge in [-0.2, -0.15) is 5.10 Å². The van der Waals surface area contributed by atoms with Gasteiger partial charge < -0.3 is 9.72 Å². The van der Waals surface area contributed by atoms with E-state index < -0.39 is 17.6 Å². The summed E-state index contributed by atoms with van der Waals surface area (Å²) in [4.78, 5) is 40.1. The van der Waals surface area contributed by atoms with Crippen molar-refractivity contribution in [2.75, 3.05) is 0 Å². The standard InChI is InChI=1S/C20H15N3O4/c1-11(18(24)15-10-21-16-9-5-4-6-12(15)16)27-20(26)17-13-7-2-3-8-14(13)19(25)23-22-17/h2-11,21H,1H3,(H,23,25). The Bertz CT molecular complexity index is 1240. The molecule has 0 spiro atoms. The van der Waals surface area contributed by atoms with E-state index >= 15 is 0 Å². The first-order valence-corrected chi connectivity index (χ1v) is 8.35. The minimum Gasteiger partial charge on any atom is -0.449 e. The highest BCUT2D eigenvalue weighted by molar-refractivity contribution is 6.11. The summed E-state index contributed by atoms with van der Waals surface area (Å²) in [7, 11) is 0. The van der Waals surface area contributed by atoms with Crippen LogP contribution in [0.4, 0.5) is 0 Å². The highest BCUT2D eigenvalue weighted by Gasteiger charge is 2.24. The highest BCUT2D eigenvalue weighted by Crippen LogP contribution is 2.21. The molecule has 7 heteroatoms. The molecule has 0 bridgehead atoms. The molecule has 4 rings (SSSR count). The average Bonchev–Trinajstić information content (AvgIpc) is 3.12. The van der Waals surface area contributed by atoms with Crippen LogP contribution in [-0.2, 0) is 4.74 Å². The van der Waals surface area contributed by atoms with Crippen LogP contribution in [0.3, 0.4) is 0 Å². The van der Waals surface area contributed by atoms with E-state index in [1.165, 1.54) is 6.92 Å². The Labute approximate surface area is 153 Å². The molecule has 1 atom stereocenters. The third kappa shape index (κ3) is 2.89. The number of hydrogen-bond donors (Lipinski definition) is 2. The molecule has 2 heterocycles. The molecule has 7 nitrogen and oxygen atoms in total. The van der Waals surface area contributed by atoms with Gasteiger partial charge in [-0.1, -0.05) is 36.4 Å². The summed E-state index contributed by atoms with van der Waals surface area (Å²) in [5, 5.41) is 7.55. The molecule has 134 valence electrons. The quantitative estimate of drug-likeness (QED) is 0.429. The van der Waals surface area contributed by atoms with Gasteiger partial charge in [-0.05, 0) is 19.1 Å². The second-order valence-electron chi connectivity index (χ2n) is 6.11. The number of ketones is 1. The minimum atomic E-state index is -1.01. The first kappa shape index (κ1) is 16.7. The van der Waals surface area contributed by atoms with Gasteiger partial charge in [0.15, 0.2) is 11.8 Å². The van der Waals surface area contributed by atoms with Crippen LogP contribution >= 0.6 is 0 Å². The predicted molar refractivity (Wildman–Crippen MR) is 99.9 cm³/mol. The van der Waals surface area contributed by atoms with E-state index in [4.69, 9.17) is 4.74 Å². The van der Waals surface area contributed by atoms with Crippen molar-refractivity contribution >= 4 is 33.4 Å². The summed E-state index contributed by atoms with van der Waals surface area (Å²) in [5.41, 5.74) is 0.840. The van der Waals surface area contributed by atoms with Crippen LogP contribution in [0.15, 0.2) is 59.5 Å². The van der Waals surface area contributed by atoms with Crippen LogP contribution in [-0.4, -0.2) is 33.0 Å². The van der Waals surface area contributed by atoms with Crippen LogP contribution in [0.1, 0.15) is 27.8 Å². The number of nitrogens with one attached hydrogen (secondary N) is 2. The largest absolute Gasteiger partial charge is 0.449 e. The van der Waals surface area contributed by atoms with E-state index in [1.54, 1.807) is 30.5 Å². The summed E-state index contributed by atoms with van der Waals surface area (Å²) in [5.74, 6) is -1.10. The molecule has 2 aromatic heterocycles. The van der Waals surface area contributed by atoms with Gasteiger partial charge in [0.1, 0.15) is 0 Å². The van der Waals surface area contributed by atoms with Gasteiger partial charge >= 0.3 is 5.97 Å².